The number of hydrogen-bond acceptors (Lipinski definition) is 5. The minimum Gasteiger partial charge on any atom is -0.486 e. The summed E-state index contributed by atoms with van der Waals surface area (Å²) in [6.45, 7) is 5.16. The molecule has 0 saturated carbocycles. The van der Waals surface area contributed by atoms with Crippen LogP contribution in [0.1, 0.15) is 25.3 Å². The standard InChI is InChI=1S/C22H21ClN2O3S/c1-13(2)20(14-3-6-16(23)7-4-14)21(26)25-22-24-17(12-29-22)15-5-8-18-19(11-15)28-10-9-27-18/h3-8,11-13,20H,9-10H2,1-2H3,(H,24,25,26)/t20-/m0/s1. The van der Waals surface area contributed by atoms with Crippen molar-refractivity contribution in [3.63, 3.8) is 0 Å². The van der Waals surface area contributed by atoms with Crippen LogP contribution in [0.3, 0.4) is 0 Å². The van der Waals surface area contributed by atoms with E-state index >= 15 is 0 Å². The molecule has 2 aromatic carbocycles. The van der Waals surface area contributed by atoms with E-state index in [0.29, 0.717) is 23.4 Å². The number of aromatic nitrogens is 1. The number of halogens is 1. The van der Waals surface area contributed by atoms with Crippen molar-refractivity contribution in [3.05, 3.63) is 58.4 Å². The average molecular weight is 429 g/mol. The van der Waals surface area contributed by atoms with Gasteiger partial charge in [-0.3, -0.25) is 4.79 Å². The molecule has 150 valence electrons. The lowest BCUT2D eigenvalue weighted by molar-refractivity contribution is -0.118. The van der Waals surface area contributed by atoms with Crippen LogP contribution in [0.15, 0.2) is 47.8 Å². The fourth-order valence-electron chi connectivity index (χ4n) is 3.36. The number of fused-ring (bicyclic) bond motifs is 1. The van der Waals surface area contributed by atoms with Crippen molar-refractivity contribution < 1.29 is 14.3 Å². The predicted molar refractivity (Wildman–Crippen MR) is 116 cm³/mol. The van der Waals surface area contributed by atoms with Crippen molar-refractivity contribution >= 4 is 34.0 Å². The van der Waals surface area contributed by atoms with E-state index in [1.807, 2.05) is 61.7 Å². The van der Waals surface area contributed by atoms with Gasteiger partial charge in [-0.2, -0.15) is 0 Å². The molecule has 1 aliphatic heterocycles. The molecule has 0 fully saturated rings. The minimum atomic E-state index is -0.283. The monoisotopic (exact) mass is 428 g/mol. The van der Waals surface area contributed by atoms with Gasteiger partial charge in [0.1, 0.15) is 13.2 Å². The van der Waals surface area contributed by atoms with Crippen LogP contribution in [0.4, 0.5) is 5.13 Å². The summed E-state index contributed by atoms with van der Waals surface area (Å²) in [5.74, 6) is 1.23. The third-order valence-electron chi connectivity index (χ3n) is 4.75. The summed E-state index contributed by atoms with van der Waals surface area (Å²) in [7, 11) is 0. The van der Waals surface area contributed by atoms with Crippen LogP contribution >= 0.6 is 22.9 Å². The molecule has 5 nitrogen and oxygen atoms in total. The fraction of sp³-hybridized carbons (Fsp3) is 0.273. The van der Waals surface area contributed by atoms with Crippen molar-refractivity contribution in [3.8, 4) is 22.8 Å². The van der Waals surface area contributed by atoms with Gasteiger partial charge in [0.15, 0.2) is 16.6 Å². The van der Waals surface area contributed by atoms with Crippen molar-refractivity contribution in [2.24, 2.45) is 5.92 Å². The number of ether oxygens (including phenoxy) is 2. The van der Waals surface area contributed by atoms with E-state index in [1.165, 1.54) is 11.3 Å². The Labute approximate surface area is 178 Å². The molecule has 29 heavy (non-hydrogen) atoms. The largest absolute Gasteiger partial charge is 0.486 e. The highest BCUT2D eigenvalue weighted by Gasteiger charge is 2.25. The second kappa shape index (κ2) is 8.43. The van der Waals surface area contributed by atoms with Gasteiger partial charge >= 0.3 is 0 Å². The number of benzene rings is 2. The summed E-state index contributed by atoms with van der Waals surface area (Å²) in [4.78, 5) is 17.6. The molecule has 0 aliphatic carbocycles. The second-order valence-electron chi connectivity index (χ2n) is 7.16. The summed E-state index contributed by atoms with van der Waals surface area (Å²) in [6.07, 6.45) is 0. The van der Waals surface area contributed by atoms with Crippen LogP contribution < -0.4 is 14.8 Å². The summed E-state index contributed by atoms with van der Waals surface area (Å²) in [6, 6.07) is 13.2. The number of anilines is 1. The zero-order chi connectivity index (χ0) is 20.4. The number of thiazole rings is 1. The maximum Gasteiger partial charge on any atom is 0.233 e. The predicted octanol–water partition coefficient (Wildman–Crippen LogP) is 5.61. The first kappa shape index (κ1) is 19.7. The van der Waals surface area contributed by atoms with Crippen molar-refractivity contribution in [2.45, 2.75) is 19.8 Å². The molecule has 1 amide bonds. The summed E-state index contributed by atoms with van der Waals surface area (Å²) < 4.78 is 11.2. The van der Waals surface area contributed by atoms with Gasteiger partial charge in [0.25, 0.3) is 0 Å². The Bertz CT molecular complexity index is 1020. The zero-order valence-electron chi connectivity index (χ0n) is 16.1. The fourth-order valence-corrected chi connectivity index (χ4v) is 4.21. The molecule has 7 heteroatoms. The van der Waals surface area contributed by atoms with Crippen LogP contribution in [0.2, 0.25) is 5.02 Å². The molecule has 2 heterocycles. The van der Waals surface area contributed by atoms with E-state index in [1.54, 1.807) is 0 Å². The van der Waals surface area contributed by atoms with Crippen LogP contribution in [-0.2, 0) is 4.79 Å². The van der Waals surface area contributed by atoms with Gasteiger partial charge in [-0.25, -0.2) is 4.98 Å². The molecule has 1 atom stereocenters. The Balaban J connectivity index is 1.52. The third kappa shape index (κ3) is 4.38. The molecule has 0 saturated heterocycles. The smallest absolute Gasteiger partial charge is 0.233 e. The van der Waals surface area contributed by atoms with Crippen LogP contribution in [0.25, 0.3) is 11.3 Å². The van der Waals surface area contributed by atoms with Gasteiger partial charge in [0.05, 0.1) is 11.6 Å². The van der Waals surface area contributed by atoms with Gasteiger partial charge in [-0.15, -0.1) is 11.3 Å². The highest BCUT2D eigenvalue weighted by molar-refractivity contribution is 7.14. The van der Waals surface area contributed by atoms with E-state index in [9.17, 15) is 4.79 Å². The van der Waals surface area contributed by atoms with E-state index in [4.69, 9.17) is 21.1 Å². The Kier molecular flexibility index (Phi) is 5.74. The SMILES string of the molecule is CC(C)[C@H](C(=O)Nc1nc(-c2ccc3c(c2)OCCO3)cs1)c1ccc(Cl)cc1. The van der Waals surface area contributed by atoms with E-state index in [2.05, 4.69) is 10.3 Å². The van der Waals surface area contributed by atoms with Gasteiger partial charge in [0.2, 0.25) is 5.91 Å². The molecule has 0 spiro atoms. The number of rotatable bonds is 5. The Morgan fingerprint density at radius 2 is 1.83 bits per heavy atom. The number of nitrogens with one attached hydrogen (secondary N) is 1. The Morgan fingerprint density at radius 3 is 2.55 bits per heavy atom. The van der Waals surface area contributed by atoms with E-state index < -0.39 is 0 Å². The third-order valence-corrected chi connectivity index (χ3v) is 5.76. The number of amides is 1. The van der Waals surface area contributed by atoms with E-state index in [-0.39, 0.29) is 17.7 Å². The maximum atomic E-state index is 13.0. The molecule has 0 radical (unpaired) electrons. The molecule has 1 aliphatic rings. The van der Waals surface area contributed by atoms with Crippen LogP contribution in [-0.4, -0.2) is 24.1 Å². The number of nitrogens with zero attached hydrogens (tertiary/aromatic N) is 1. The molecule has 4 rings (SSSR count). The number of carbonyl (C=O) groups excluding carboxylic acids is 1. The maximum absolute atomic E-state index is 13.0. The van der Waals surface area contributed by atoms with Crippen molar-refractivity contribution in [2.75, 3.05) is 18.5 Å². The lowest BCUT2D eigenvalue weighted by Gasteiger charge is -2.20. The van der Waals surface area contributed by atoms with Crippen LogP contribution in [0, 0.1) is 5.92 Å². The Morgan fingerprint density at radius 1 is 1.10 bits per heavy atom. The lowest BCUT2D eigenvalue weighted by atomic mass is 9.88. The van der Waals surface area contributed by atoms with Gasteiger partial charge < -0.3 is 14.8 Å². The van der Waals surface area contributed by atoms with Gasteiger partial charge in [-0.05, 0) is 41.8 Å². The molecule has 0 unspecified atom stereocenters. The van der Waals surface area contributed by atoms with Gasteiger partial charge in [0, 0.05) is 16.0 Å². The molecular formula is C22H21ClN2O3S. The average Bonchev–Trinajstić information content (AvgIpc) is 3.17. The van der Waals surface area contributed by atoms with E-state index in [0.717, 1.165) is 28.3 Å². The quantitative estimate of drug-likeness (QED) is 0.573. The Hall–Kier alpha value is -2.57. The van der Waals surface area contributed by atoms with Crippen molar-refractivity contribution in [1.82, 2.24) is 4.98 Å². The summed E-state index contributed by atoms with van der Waals surface area (Å²) in [5, 5.41) is 6.12. The summed E-state index contributed by atoms with van der Waals surface area (Å²) in [5.41, 5.74) is 2.64. The molecule has 1 aromatic heterocycles. The number of hydrogen-bond donors (Lipinski definition) is 1. The van der Waals surface area contributed by atoms with Crippen molar-refractivity contribution in [1.29, 1.82) is 0 Å². The first-order valence-electron chi connectivity index (χ1n) is 9.43. The highest BCUT2D eigenvalue weighted by atomic mass is 35.5. The molecular weight excluding hydrogens is 408 g/mol. The van der Waals surface area contributed by atoms with Gasteiger partial charge in [-0.1, -0.05) is 37.6 Å². The number of carbonyl (C=O) groups is 1. The lowest BCUT2D eigenvalue weighted by Crippen LogP contribution is -2.25. The molecule has 1 N–H and O–H groups in total. The second-order valence-corrected chi connectivity index (χ2v) is 8.45. The summed E-state index contributed by atoms with van der Waals surface area (Å²) >= 11 is 7.39. The topological polar surface area (TPSA) is 60.5 Å². The normalized spacial score (nSPS) is 13.9. The first-order valence-corrected chi connectivity index (χ1v) is 10.7. The minimum absolute atomic E-state index is 0.0783. The first-order chi connectivity index (χ1) is 14.0. The molecule has 0 bridgehead atoms. The highest BCUT2D eigenvalue weighted by Crippen LogP contribution is 2.36. The zero-order valence-corrected chi connectivity index (χ0v) is 17.7. The molecule has 3 aromatic rings. The van der Waals surface area contributed by atoms with Crippen LogP contribution in [0.5, 0.6) is 11.5 Å².